The van der Waals surface area contributed by atoms with Crippen LogP contribution in [-0.4, -0.2) is 54.3 Å². The first kappa shape index (κ1) is 23.3. The van der Waals surface area contributed by atoms with Crippen molar-refractivity contribution in [2.24, 2.45) is 5.73 Å². The summed E-state index contributed by atoms with van der Waals surface area (Å²) in [6.07, 6.45) is 2.16. The van der Waals surface area contributed by atoms with Gasteiger partial charge >= 0.3 is 0 Å². The number of nitrogens with one attached hydrogen (secondary N) is 2. The summed E-state index contributed by atoms with van der Waals surface area (Å²) in [5.41, 5.74) is 7.75. The summed E-state index contributed by atoms with van der Waals surface area (Å²) in [7, 11) is 1.82. The van der Waals surface area contributed by atoms with E-state index in [1.165, 1.54) is 17.4 Å². The first-order valence-electron chi connectivity index (χ1n) is 11.0. The van der Waals surface area contributed by atoms with Gasteiger partial charge in [-0.3, -0.25) is 10.1 Å². The van der Waals surface area contributed by atoms with Gasteiger partial charge in [0.25, 0.3) is 5.91 Å². The topological polar surface area (TPSA) is 95.8 Å². The van der Waals surface area contributed by atoms with Crippen molar-refractivity contribution >= 4 is 28.1 Å². The maximum Gasteiger partial charge on any atom is 0.251 e. The molecule has 1 saturated heterocycles. The van der Waals surface area contributed by atoms with Crippen molar-refractivity contribution in [1.82, 2.24) is 15.2 Å². The van der Waals surface area contributed by atoms with Gasteiger partial charge in [0.1, 0.15) is 23.9 Å². The number of carbonyl (C=O) groups excluding carboxylic acids is 1. The fourth-order valence-corrected chi connectivity index (χ4v) is 4.81. The van der Waals surface area contributed by atoms with Crippen LogP contribution in [0.1, 0.15) is 33.6 Å². The summed E-state index contributed by atoms with van der Waals surface area (Å²) in [5.74, 6) is 0.0321. The third-order valence-electron chi connectivity index (χ3n) is 6.11. The average molecular weight is 475 g/mol. The molecule has 178 valence electrons. The highest BCUT2D eigenvalue weighted by Crippen LogP contribution is 2.32. The lowest BCUT2D eigenvalue weighted by Crippen LogP contribution is -2.52. The van der Waals surface area contributed by atoms with E-state index in [0.29, 0.717) is 53.0 Å². The smallest absolute Gasteiger partial charge is 0.251 e. The highest BCUT2D eigenvalue weighted by Gasteiger charge is 2.31. The minimum atomic E-state index is -0.951. The second-order valence-corrected chi connectivity index (χ2v) is 9.99. The van der Waals surface area contributed by atoms with Gasteiger partial charge in [-0.2, -0.15) is 0 Å². The zero-order valence-electron chi connectivity index (χ0n) is 19.4. The van der Waals surface area contributed by atoms with Gasteiger partial charge in [-0.25, -0.2) is 9.37 Å². The molecule has 0 bridgehead atoms. The molecule has 0 spiro atoms. The number of hydrogen-bond donors (Lipinski definition) is 3. The third-order valence-corrected chi connectivity index (χ3v) is 6.87. The maximum atomic E-state index is 14.8. The van der Waals surface area contributed by atoms with E-state index < -0.39 is 5.54 Å². The molecule has 2 aromatic rings. The second-order valence-electron chi connectivity index (χ2n) is 9.13. The van der Waals surface area contributed by atoms with Crippen molar-refractivity contribution in [1.29, 1.82) is 0 Å². The number of rotatable bonds is 6. The number of carbonyl (C=O) groups is 1. The number of thiazole rings is 1. The Morgan fingerprint density at radius 3 is 2.88 bits per heavy atom. The van der Waals surface area contributed by atoms with Crippen LogP contribution in [0, 0.1) is 5.82 Å². The van der Waals surface area contributed by atoms with E-state index in [4.69, 9.17) is 10.5 Å². The number of nitrogens with zero attached hydrogens (tertiary/aromatic N) is 3. The lowest BCUT2D eigenvalue weighted by molar-refractivity contribution is -0.121. The zero-order chi connectivity index (χ0) is 23.8. The van der Waals surface area contributed by atoms with Crippen LogP contribution in [0.4, 0.5) is 15.2 Å². The third kappa shape index (κ3) is 4.91. The van der Waals surface area contributed by atoms with Crippen molar-refractivity contribution in [3.63, 3.8) is 0 Å². The molecule has 1 fully saturated rings. The highest BCUT2D eigenvalue weighted by molar-refractivity contribution is 7.14. The van der Waals surface area contributed by atoms with E-state index in [2.05, 4.69) is 27.4 Å². The van der Waals surface area contributed by atoms with Crippen LogP contribution >= 0.6 is 11.3 Å². The molecule has 33 heavy (non-hydrogen) atoms. The van der Waals surface area contributed by atoms with Crippen molar-refractivity contribution in [3.05, 3.63) is 40.9 Å². The molecular weight excluding hydrogens is 443 g/mol. The Hall–Kier alpha value is -2.85. The maximum absolute atomic E-state index is 14.8. The predicted molar refractivity (Wildman–Crippen MR) is 129 cm³/mol. The molecule has 4 rings (SSSR count). The van der Waals surface area contributed by atoms with E-state index in [0.717, 1.165) is 19.4 Å². The number of amides is 1. The van der Waals surface area contributed by atoms with Gasteiger partial charge in [-0.05, 0) is 45.7 Å². The lowest BCUT2D eigenvalue weighted by atomic mass is 10.0. The molecule has 0 saturated carbocycles. The average Bonchev–Trinajstić information content (AvgIpc) is 3.40. The number of anilines is 2. The summed E-state index contributed by atoms with van der Waals surface area (Å²) in [4.78, 5) is 21.3. The van der Waals surface area contributed by atoms with Crippen molar-refractivity contribution in [2.45, 2.75) is 45.2 Å². The molecule has 1 aromatic heterocycles. The molecule has 4 N–H and O–H groups in total. The van der Waals surface area contributed by atoms with Gasteiger partial charge in [-0.15, -0.1) is 11.3 Å². The standard InChI is InChI=1S/C23H31FN6O2S/c1-14-6-5-9-30(14)19-8-7-15(10-16(19)24)18-12-33-22(26-18)27-21(31)23(2,3)28-17-11-32-13-29(4)20(17)25/h7-8,10,12,14,28H,5-6,9,11,13,25H2,1-4H3,(H,26,27,31)/t14-/m0/s1. The van der Waals surface area contributed by atoms with E-state index in [1.54, 1.807) is 18.7 Å². The van der Waals surface area contributed by atoms with Crippen molar-refractivity contribution in [2.75, 3.05) is 37.1 Å². The quantitative estimate of drug-likeness (QED) is 0.591. The number of nitrogens with two attached hydrogens (primary N) is 1. The van der Waals surface area contributed by atoms with Gasteiger partial charge in [0.05, 0.1) is 23.7 Å². The van der Waals surface area contributed by atoms with E-state index in [9.17, 15) is 9.18 Å². The fourth-order valence-electron chi connectivity index (χ4n) is 4.10. The van der Waals surface area contributed by atoms with Crippen LogP contribution in [-0.2, 0) is 9.53 Å². The van der Waals surface area contributed by atoms with Crippen LogP contribution in [0.5, 0.6) is 0 Å². The SMILES string of the molecule is C[C@H]1CCCN1c1ccc(-c2csc(NC(=O)C(C)(C)NC3=C(N)N(C)COC3)n2)cc1F. The molecule has 0 aliphatic carbocycles. The molecule has 8 nitrogen and oxygen atoms in total. The summed E-state index contributed by atoms with van der Waals surface area (Å²) in [6, 6.07) is 5.56. The molecule has 1 atom stereocenters. The number of hydrogen-bond acceptors (Lipinski definition) is 8. The number of halogens is 1. The minimum absolute atomic E-state index is 0.254. The Kier molecular flexibility index (Phi) is 6.49. The molecular formula is C23H31FN6O2S. The zero-order valence-corrected chi connectivity index (χ0v) is 20.3. The summed E-state index contributed by atoms with van der Waals surface area (Å²) >= 11 is 1.30. The molecule has 3 heterocycles. The molecule has 1 aromatic carbocycles. The van der Waals surface area contributed by atoms with Crippen LogP contribution in [0.25, 0.3) is 11.3 Å². The molecule has 0 radical (unpaired) electrons. The van der Waals surface area contributed by atoms with Gasteiger partial charge in [-0.1, -0.05) is 6.07 Å². The molecule has 1 amide bonds. The Balaban J connectivity index is 1.44. The fraction of sp³-hybridized carbons (Fsp3) is 0.478. The van der Waals surface area contributed by atoms with Crippen LogP contribution < -0.4 is 21.3 Å². The molecule has 10 heteroatoms. The molecule has 2 aliphatic heterocycles. The normalized spacial score (nSPS) is 19.2. The molecule has 2 aliphatic rings. The monoisotopic (exact) mass is 474 g/mol. The van der Waals surface area contributed by atoms with Crippen LogP contribution in [0.3, 0.4) is 0 Å². The van der Waals surface area contributed by atoms with Crippen LogP contribution in [0.15, 0.2) is 35.1 Å². The van der Waals surface area contributed by atoms with Crippen molar-refractivity contribution < 1.29 is 13.9 Å². The molecule has 0 unspecified atom stereocenters. The van der Waals surface area contributed by atoms with E-state index in [1.807, 2.05) is 24.6 Å². The van der Waals surface area contributed by atoms with Crippen LogP contribution in [0.2, 0.25) is 0 Å². The minimum Gasteiger partial charge on any atom is -0.384 e. The van der Waals surface area contributed by atoms with Gasteiger partial charge in [0.15, 0.2) is 5.13 Å². The Morgan fingerprint density at radius 1 is 1.39 bits per heavy atom. The first-order valence-corrected chi connectivity index (χ1v) is 11.9. The second kappa shape index (κ2) is 9.18. The Morgan fingerprint density at radius 2 is 2.18 bits per heavy atom. The predicted octanol–water partition coefficient (Wildman–Crippen LogP) is 3.29. The number of benzene rings is 1. The Bertz CT molecular complexity index is 1070. The van der Waals surface area contributed by atoms with Gasteiger partial charge in [0.2, 0.25) is 0 Å². The van der Waals surface area contributed by atoms with E-state index in [-0.39, 0.29) is 11.7 Å². The number of ether oxygens (including phenoxy) is 1. The van der Waals surface area contributed by atoms with Gasteiger partial charge in [0, 0.05) is 30.6 Å². The summed E-state index contributed by atoms with van der Waals surface area (Å²) in [6.45, 7) is 7.24. The Labute approximate surface area is 197 Å². The lowest BCUT2D eigenvalue weighted by Gasteiger charge is -2.33. The van der Waals surface area contributed by atoms with E-state index >= 15 is 0 Å². The first-order chi connectivity index (χ1) is 15.7. The number of aromatic nitrogens is 1. The van der Waals surface area contributed by atoms with Crippen molar-refractivity contribution in [3.8, 4) is 11.3 Å². The summed E-state index contributed by atoms with van der Waals surface area (Å²) in [5, 5.41) is 8.29. The largest absolute Gasteiger partial charge is 0.384 e. The summed E-state index contributed by atoms with van der Waals surface area (Å²) < 4.78 is 20.3. The van der Waals surface area contributed by atoms with Gasteiger partial charge < -0.3 is 25.6 Å². The highest BCUT2D eigenvalue weighted by atomic mass is 32.1.